The van der Waals surface area contributed by atoms with E-state index < -0.39 is 15.1 Å². The van der Waals surface area contributed by atoms with E-state index in [9.17, 15) is 8.42 Å². The molecule has 1 rings (SSSR count). The molecule has 0 aromatic heterocycles. The Labute approximate surface area is 101 Å². The maximum atomic E-state index is 11.8. The van der Waals surface area contributed by atoms with Gasteiger partial charge >= 0.3 is 0 Å². The highest BCUT2D eigenvalue weighted by atomic mass is 32.2. The summed E-state index contributed by atoms with van der Waals surface area (Å²) in [6.07, 6.45) is 0. The molecular weight excluding hydrogens is 244 g/mol. The van der Waals surface area contributed by atoms with Crippen molar-refractivity contribution in [1.29, 1.82) is 0 Å². The number of benzene rings is 1. The van der Waals surface area contributed by atoms with Crippen molar-refractivity contribution < 1.29 is 13.5 Å². The quantitative estimate of drug-likeness (QED) is 0.822. The molecule has 0 saturated heterocycles. The van der Waals surface area contributed by atoms with Crippen LogP contribution >= 0.6 is 11.8 Å². The lowest BCUT2D eigenvalue weighted by Crippen LogP contribution is -2.13. The van der Waals surface area contributed by atoms with Crippen LogP contribution in [0.2, 0.25) is 0 Å². The summed E-state index contributed by atoms with van der Waals surface area (Å²) in [7, 11) is -3.17. The van der Waals surface area contributed by atoms with Gasteiger partial charge in [0.05, 0.1) is 16.8 Å². The largest absolute Gasteiger partial charge is 0.396 e. The molecule has 0 bridgehead atoms. The van der Waals surface area contributed by atoms with Crippen LogP contribution in [0.1, 0.15) is 13.8 Å². The Balaban J connectivity index is 2.87. The maximum absolute atomic E-state index is 11.8. The maximum Gasteiger partial charge on any atom is 0.180 e. The van der Waals surface area contributed by atoms with Crippen molar-refractivity contribution in [1.82, 2.24) is 0 Å². The molecule has 1 aromatic carbocycles. The number of aliphatic hydroxyl groups excluding tert-OH is 1. The summed E-state index contributed by atoms with van der Waals surface area (Å²) in [5.41, 5.74) is 0. The SMILES string of the molecule is CC(C)S(=O)(=O)c1ccc(SCCO)cc1. The van der Waals surface area contributed by atoms with Crippen LogP contribution in [0.25, 0.3) is 0 Å². The molecule has 0 heterocycles. The van der Waals surface area contributed by atoms with Crippen molar-refractivity contribution in [3.8, 4) is 0 Å². The van der Waals surface area contributed by atoms with Crippen molar-refractivity contribution >= 4 is 21.6 Å². The van der Waals surface area contributed by atoms with Gasteiger partial charge < -0.3 is 5.11 Å². The van der Waals surface area contributed by atoms with Crippen molar-refractivity contribution in [2.24, 2.45) is 0 Å². The zero-order valence-electron chi connectivity index (χ0n) is 9.38. The topological polar surface area (TPSA) is 54.4 Å². The van der Waals surface area contributed by atoms with Crippen LogP contribution in [0.5, 0.6) is 0 Å². The highest BCUT2D eigenvalue weighted by molar-refractivity contribution is 7.99. The Morgan fingerprint density at radius 3 is 2.25 bits per heavy atom. The van der Waals surface area contributed by atoms with Crippen LogP contribution < -0.4 is 0 Å². The summed E-state index contributed by atoms with van der Waals surface area (Å²) in [5.74, 6) is 0.621. The molecule has 1 aromatic rings. The summed E-state index contributed by atoms with van der Waals surface area (Å²) >= 11 is 1.50. The predicted octanol–water partition coefficient (Wildman–Crippen LogP) is 1.95. The first kappa shape index (κ1) is 13.5. The van der Waals surface area contributed by atoms with E-state index in [1.807, 2.05) is 0 Å². The Kier molecular flexibility index (Phi) is 4.83. The molecule has 0 fully saturated rings. The molecule has 0 amide bonds. The lowest BCUT2D eigenvalue weighted by atomic mass is 10.4. The Morgan fingerprint density at radius 2 is 1.81 bits per heavy atom. The molecule has 5 heteroatoms. The van der Waals surface area contributed by atoms with Crippen molar-refractivity contribution in [3.63, 3.8) is 0 Å². The fraction of sp³-hybridized carbons (Fsp3) is 0.455. The summed E-state index contributed by atoms with van der Waals surface area (Å²) in [4.78, 5) is 1.33. The average molecular weight is 260 g/mol. The van der Waals surface area contributed by atoms with Gasteiger partial charge in [-0.05, 0) is 38.1 Å². The monoisotopic (exact) mass is 260 g/mol. The minimum Gasteiger partial charge on any atom is -0.396 e. The third-order valence-electron chi connectivity index (χ3n) is 2.13. The van der Waals surface area contributed by atoms with E-state index >= 15 is 0 Å². The molecule has 0 aliphatic carbocycles. The van der Waals surface area contributed by atoms with Gasteiger partial charge in [0, 0.05) is 10.6 Å². The van der Waals surface area contributed by atoms with Crippen LogP contribution in [0, 0.1) is 0 Å². The predicted molar refractivity (Wildman–Crippen MR) is 66.6 cm³/mol. The Morgan fingerprint density at radius 1 is 1.25 bits per heavy atom. The highest BCUT2D eigenvalue weighted by Crippen LogP contribution is 2.21. The molecule has 0 radical (unpaired) electrons. The lowest BCUT2D eigenvalue weighted by Gasteiger charge is -2.08. The van der Waals surface area contributed by atoms with Gasteiger partial charge in [0.15, 0.2) is 9.84 Å². The van der Waals surface area contributed by atoms with E-state index in [2.05, 4.69) is 0 Å². The molecule has 0 unspecified atom stereocenters. The molecular formula is C11H16O3S2. The molecule has 0 aliphatic heterocycles. The molecule has 90 valence electrons. The number of aliphatic hydroxyl groups is 1. The fourth-order valence-electron chi connectivity index (χ4n) is 1.16. The molecule has 1 N–H and O–H groups in total. The van der Waals surface area contributed by atoms with Crippen LogP contribution in [-0.4, -0.2) is 31.1 Å². The van der Waals surface area contributed by atoms with Gasteiger partial charge in [-0.3, -0.25) is 0 Å². The van der Waals surface area contributed by atoms with Crippen LogP contribution in [0.4, 0.5) is 0 Å². The van der Waals surface area contributed by atoms with Gasteiger partial charge in [-0.25, -0.2) is 8.42 Å². The van der Waals surface area contributed by atoms with Gasteiger partial charge in [0.25, 0.3) is 0 Å². The summed E-state index contributed by atoms with van der Waals surface area (Å²) in [6.45, 7) is 3.46. The molecule has 0 aliphatic rings. The second-order valence-electron chi connectivity index (χ2n) is 3.64. The second kappa shape index (κ2) is 5.70. The molecule has 0 atom stereocenters. The van der Waals surface area contributed by atoms with Gasteiger partial charge in [-0.1, -0.05) is 0 Å². The highest BCUT2D eigenvalue weighted by Gasteiger charge is 2.18. The Bertz CT molecular complexity index is 421. The smallest absolute Gasteiger partial charge is 0.180 e. The van der Waals surface area contributed by atoms with Crippen LogP contribution in [0.15, 0.2) is 34.1 Å². The lowest BCUT2D eigenvalue weighted by molar-refractivity contribution is 0.322. The molecule has 0 saturated carbocycles. The number of thioether (sulfide) groups is 1. The fourth-order valence-corrected chi connectivity index (χ4v) is 2.88. The average Bonchev–Trinajstić information content (AvgIpc) is 2.26. The number of hydrogen-bond acceptors (Lipinski definition) is 4. The minimum atomic E-state index is -3.17. The van der Waals surface area contributed by atoms with E-state index in [-0.39, 0.29) is 6.61 Å². The van der Waals surface area contributed by atoms with E-state index in [1.165, 1.54) is 11.8 Å². The second-order valence-corrected chi connectivity index (χ2v) is 7.31. The first-order valence-electron chi connectivity index (χ1n) is 5.06. The first-order chi connectivity index (χ1) is 7.48. The van der Waals surface area contributed by atoms with Gasteiger partial charge in [-0.15, -0.1) is 11.8 Å². The van der Waals surface area contributed by atoms with Crippen molar-refractivity contribution in [3.05, 3.63) is 24.3 Å². The van der Waals surface area contributed by atoms with Crippen molar-refractivity contribution in [2.45, 2.75) is 28.9 Å². The standard InChI is InChI=1S/C11H16O3S2/c1-9(2)16(13,14)11-5-3-10(4-6-11)15-8-7-12/h3-6,9,12H,7-8H2,1-2H3. The minimum absolute atomic E-state index is 0.122. The molecule has 3 nitrogen and oxygen atoms in total. The Hall–Kier alpha value is -0.520. The van der Waals surface area contributed by atoms with Crippen molar-refractivity contribution in [2.75, 3.05) is 12.4 Å². The van der Waals surface area contributed by atoms with E-state index in [1.54, 1.807) is 38.1 Å². The van der Waals surface area contributed by atoms with E-state index in [4.69, 9.17) is 5.11 Å². The number of rotatable bonds is 5. The van der Waals surface area contributed by atoms with Crippen LogP contribution in [-0.2, 0) is 9.84 Å². The third-order valence-corrected chi connectivity index (χ3v) is 5.30. The van der Waals surface area contributed by atoms with Gasteiger partial charge in [0.2, 0.25) is 0 Å². The summed E-state index contributed by atoms with van der Waals surface area (Å²) in [5, 5.41) is 8.27. The zero-order chi connectivity index (χ0) is 12.2. The normalized spacial score (nSPS) is 12.0. The molecule has 0 spiro atoms. The van der Waals surface area contributed by atoms with Gasteiger partial charge in [0.1, 0.15) is 0 Å². The van der Waals surface area contributed by atoms with Gasteiger partial charge in [-0.2, -0.15) is 0 Å². The summed E-state index contributed by atoms with van der Waals surface area (Å²) < 4.78 is 23.6. The van der Waals surface area contributed by atoms with E-state index in [0.717, 1.165) is 4.90 Å². The third kappa shape index (κ3) is 3.23. The first-order valence-corrected chi connectivity index (χ1v) is 7.59. The number of sulfone groups is 1. The van der Waals surface area contributed by atoms with E-state index in [0.29, 0.717) is 10.6 Å². The van der Waals surface area contributed by atoms with Crippen LogP contribution in [0.3, 0.4) is 0 Å². The zero-order valence-corrected chi connectivity index (χ0v) is 11.0. The number of hydrogen-bond donors (Lipinski definition) is 1. The summed E-state index contributed by atoms with van der Waals surface area (Å²) in [6, 6.07) is 6.79. The molecule has 16 heavy (non-hydrogen) atoms.